The van der Waals surface area contributed by atoms with E-state index in [1.807, 2.05) is 44.2 Å². The monoisotopic (exact) mass is 442 g/mol. The standard InChI is InChI=1S/C25H30O7/c1-25(2)31-18-7-6-13(9-19(18)32-25)8-15-11-16(10-14-4-3-5-17(14)15)24-23(29)22(28)21(27)20(12-26)30-24/h6-7,9-11,20-24,26-29H,3-5,8,12H2,1-2H3/t20-,21-,22+,23-,24+/m1/s1. The van der Waals surface area contributed by atoms with Gasteiger partial charge in [-0.2, -0.15) is 0 Å². The zero-order valence-electron chi connectivity index (χ0n) is 18.3. The molecule has 2 aromatic carbocycles. The summed E-state index contributed by atoms with van der Waals surface area (Å²) < 4.78 is 17.5. The Morgan fingerprint density at radius 1 is 0.938 bits per heavy atom. The van der Waals surface area contributed by atoms with E-state index in [-0.39, 0.29) is 0 Å². The summed E-state index contributed by atoms with van der Waals surface area (Å²) in [5.41, 5.74) is 5.52. The van der Waals surface area contributed by atoms with Crippen molar-refractivity contribution in [1.82, 2.24) is 0 Å². The third-order valence-electron chi connectivity index (χ3n) is 6.66. The van der Waals surface area contributed by atoms with Gasteiger partial charge >= 0.3 is 0 Å². The Labute approximate surface area is 187 Å². The van der Waals surface area contributed by atoms with Gasteiger partial charge in [0.1, 0.15) is 30.5 Å². The Hall–Kier alpha value is -2.16. The van der Waals surface area contributed by atoms with Crippen LogP contribution < -0.4 is 9.47 Å². The van der Waals surface area contributed by atoms with Gasteiger partial charge in [0.05, 0.1) is 6.61 Å². The first-order valence-corrected chi connectivity index (χ1v) is 11.2. The molecule has 0 radical (unpaired) electrons. The quantitative estimate of drug-likeness (QED) is 0.572. The number of hydrogen-bond acceptors (Lipinski definition) is 7. The molecular weight excluding hydrogens is 412 g/mol. The van der Waals surface area contributed by atoms with Gasteiger partial charge in [-0.3, -0.25) is 0 Å². The summed E-state index contributed by atoms with van der Waals surface area (Å²) in [4.78, 5) is 0. The number of rotatable bonds is 4. The number of hydrogen-bond donors (Lipinski definition) is 4. The molecule has 5 atom stereocenters. The maximum Gasteiger partial charge on any atom is 0.246 e. The minimum Gasteiger partial charge on any atom is -0.449 e. The van der Waals surface area contributed by atoms with Gasteiger partial charge in [-0.1, -0.05) is 18.2 Å². The molecule has 2 aliphatic heterocycles. The van der Waals surface area contributed by atoms with Gasteiger partial charge in [0.25, 0.3) is 0 Å². The maximum atomic E-state index is 10.6. The van der Waals surface area contributed by atoms with E-state index in [1.165, 1.54) is 11.1 Å². The summed E-state index contributed by atoms with van der Waals surface area (Å²) in [6, 6.07) is 10.0. The molecule has 0 amide bonds. The van der Waals surface area contributed by atoms with E-state index in [1.54, 1.807) is 0 Å². The zero-order chi connectivity index (χ0) is 22.6. The van der Waals surface area contributed by atoms with Crippen molar-refractivity contribution in [3.05, 3.63) is 58.1 Å². The molecule has 1 saturated heterocycles. The first kappa shape index (κ1) is 21.7. The average molecular weight is 443 g/mol. The highest BCUT2D eigenvalue weighted by atomic mass is 16.7. The average Bonchev–Trinajstić information content (AvgIpc) is 3.34. The molecule has 0 aromatic heterocycles. The predicted octanol–water partition coefficient (Wildman–Crippen LogP) is 1.79. The Morgan fingerprint density at radius 2 is 1.72 bits per heavy atom. The van der Waals surface area contributed by atoms with Gasteiger partial charge < -0.3 is 34.6 Å². The van der Waals surface area contributed by atoms with Crippen LogP contribution in [0.3, 0.4) is 0 Å². The molecule has 2 heterocycles. The lowest BCUT2D eigenvalue weighted by Crippen LogP contribution is -2.55. The molecule has 32 heavy (non-hydrogen) atoms. The lowest BCUT2D eigenvalue weighted by atomic mass is 9.87. The van der Waals surface area contributed by atoms with Gasteiger partial charge in [-0.05, 0) is 65.6 Å². The number of benzene rings is 2. The van der Waals surface area contributed by atoms with E-state index in [9.17, 15) is 20.4 Å². The number of aliphatic hydroxyl groups is 4. The minimum absolute atomic E-state index is 0.438. The zero-order valence-corrected chi connectivity index (χ0v) is 18.3. The predicted molar refractivity (Wildman–Crippen MR) is 116 cm³/mol. The Bertz CT molecular complexity index is 1020. The fourth-order valence-corrected chi connectivity index (χ4v) is 5.12. The van der Waals surface area contributed by atoms with E-state index in [2.05, 4.69) is 0 Å². The summed E-state index contributed by atoms with van der Waals surface area (Å²) in [5, 5.41) is 40.5. The number of aliphatic hydroxyl groups excluding tert-OH is 4. The number of ether oxygens (including phenoxy) is 3. The van der Waals surface area contributed by atoms with E-state index < -0.39 is 42.9 Å². The van der Waals surface area contributed by atoms with Crippen molar-refractivity contribution < 1.29 is 34.6 Å². The summed E-state index contributed by atoms with van der Waals surface area (Å²) in [7, 11) is 0. The van der Waals surface area contributed by atoms with Gasteiger partial charge in [-0.25, -0.2) is 0 Å². The summed E-state index contributed by atoms with van der Waals surface area (Å²) >= 11 is 0. The molecule has 4 N–H and O–H groups in total. The molecule has 0 unspecified atom stereocenters. The third-order valence-corrected chi connectivity index (χ3v) is 6.66. The molecule has 7 nitrogen and oxygen atoms in total. The molecule has 172 valence electrons. The maximum absolute atomic E-state index is 10.6. The minimum atomic E-state index is -1.39. The first-order valence-electron chi connectivity index (χ1n) is 11.2. The highest BCUT2D eigenvalue weighted by Gasteiger charge is 2.44. The molecule has 0 spiro atoms. The third kappa shape index (κ3) is 3.78. The molecule has 1 aliphatic carbocycles. The van der Waals surface area contributed by atoms with Crippen LogP contribution in [0.4, 0.5) is 0 Å². The second kappa shape index (κ2) is 8.01. The van der Waals surface area contributed by atoms with Crippen LogP contribution in [0.2, 0.25) is 0 Å². The summed E-state index contributed by atoms with van der Waals surface area (Å²) in [5.74, 6) is 0.791. The van der Waals surface area contributed by atoms with Crippen molar-refractivity contribution >= 4 is 0 Å². The molecule has 7 heteroatoms. The Kier molecular flexibility index (Phi) is 5.42. The van der Waals surface area contributed by atoms with Crippen molar-refractivity contribution in [2.24, 2.45) is 0 Å². The van der Waals surface area contributed by atoms with Crippen LogP contribution >= 0.6 is 0 Å². The molecule has 3 aliphatic rings. The van der Waals surface area contributed by atoms with Crippen molar-refractivity contribution in [2.45, 2.75) is 75.8 Å². The van der Waals surface area contributed by atoms with E-state index in [0.717, 1.165) is 47.5 Å². The molecule has 1 fully saturated rings. The van der Waals surface area contributed by atoms with E-state index in [0.29, 0.717) is 6.42 Å². The smallest absolute Gasteiger partial charge is 0.246 e. The molecule has 5 rings (SSSR count). The number of aryl methyl sites for hydroxylation is 1. The van der Waals surface area contributed by atoms with E-state index >= 15 is 0 Å². The van der Waals surface area contributed by atoms with Crippen LogP contribution in [0.25, 0.3) is 0 Å². The Morgan fingerprint density at radius 3 is 2.50 bits per heavy atom. The largest absolute Gasteiger partial charge is 0.449 e. The normalized spacial score (nSPS) is 30.4. The number of fused-ring (bicyclic) bond motifs is 2. The van der Waals surface area contributed by atoms with Gasteiger partial charge in [0.15, 0.2) is 11.5 Å². The van der Waals surface area contributed by atoms with Gasteiger partial charge in [0, 0.05) is 13.8 Å². The summed E-state index contributed by atoms with van der Waals surface area (Å²) in [6.07, 6.45) is -2.09. The molecule has 2 aromatic rings. The molecule has 0 bridgehead atoms. The highest BCUT2D eigenvalue weighted by Crippen LogP contribution is 2.41. The second-order valence-electron chi connectivity index (χ2n) is 9.48. The topological polar surface area (TPSA) is 109 Å². The van der Waals surface area contributed by atoms with Crippen LogP contribution in [-0.2, 0) is 24.0 Å². The van der Waals surface area contributed by atoms with Crippen molar-refractivity contribution in [3.8, 4) is 11.5 Å². The lowest BCUT2D eigenvalue weighted by Gasteiger charge is -2.40. The van der Waals surface area contributed by atoms with Crippen molar-refractivity contribution in [3.63, 3.8) is 0 Å². The lowest BCUT2D eigenvalue weighted by molar-refractivity contribution is -0.231. The van der Waals surface area contributed by atoms with E-state index in [4.69, 9.17) is 14.2 Å². The van der Waals surface area contributed by atoms with Crippen LogP contribution in [-0.4, -0.2) is 57.2 Å². The van der Waals surface area contributed by atoms with Crippen LogP contribution in [0.15, 0.2) is 30.3 Å². The second-order valence-corrected chi connectivity index (χ2v) is 9.48. The highest BCUT2D eigenvalue weighted by molar-refractivity contribution is 5.49. The molecular formula is C25H30O7. The van der Waals surface area contributed by atoms with Crippen molar-refractivity contribution in [1.29, 1.82) is 0 Å². The SMILES string of the molecule is CC1(C)Oc2ccc(Cc3cc([C@@H]4O[C@H](CO)[C@@H](O)[C@H](O)[C@H]4O)cc4c3CCC4)cc2O1. The van der Waals surface area contributed by atoms with Crippen LogP contribution in [0, 0.1) is 0 Å². The van der Waals surface area contributed by atoms with Crippen LogP contribution in [0.1, 0.15) is 54.2 Å². The van der Waals surface area contributed by atoms with Gasteiger partial charge in [0.2, 0.25) is 5.79 Å². The summed E-state index contributed by atoms with van der Waals surface area (Å²) in [6.45, 7) is 3.32. The molecule has 0 saturated carbocycles. The fraction of sp³-hybridized carbons (Fsp3) is 0.520. The fourth-order valence-electron chi connectivity index (χ4n) is 5.12. The first-order chi connectivity index (χ1) is 15.3. The van der Waals surface area contributed by atoms with Crippen molar-refractivity contribution in [2.75, 3.05) is 6.61 Å². The van der Waals surface area contributed by atoms with Gasteiger partial charge in [-0.15, -0.1) is 0 Å². The van der Waals surface area contributed by atoms with Crippen LogP contribution in [0.5, 0.6) is 11.5 Å². The Balaban J connectivity index is 1.47.